The number of amides is 1. The maximum absolute atomic E-state index is 11.7. The smallest absolute Gasteiger partial charge is 0.325 e. The van der Waals surface area contributed by atoms with Crippen LogP contribution in [0, 0.1) is 11.8 Å². The number of hydrogen-bond donors (Lipinski definition) is 2. The predicted molar refractivity (Wildman–Crippen MR) is 58.5 cm³/mol. The summed E-state index contributed by atoms with van der Waals surface area (Å²) in [4.78, 5) is 22.3. The first-order valence-electron chi connectivity index (χ1n) is 5.43. The van der Waals surface area contributed by atoms with Crippen LogP contribution in [0.1, 0.15) is 40.5 Å². The fourth-order valence-electron chi connectivity index (χ4n) is 1.46. The predicted octanol–water partition coefficient (Wildman–Crippen LogP) is 1.65. The molecular formula is C11H21NO3. The molecule has 2 atom stereocenters. The molecule has 0 aliphatic heterocycles. The lowest BCUT2D eigenvalue weighted by Crippen LogP contribution is -2.42. The van der Waals surface area contributed by atoms with Gasteiger partial charge in [-0.3, -0.25) is 9.59 Å². The van der Waals surface area contributed by atoms with Crippen LogP contribution in [0.15, 0.2) is 0 Å². The van der Waals surface area contributed by atoms with Crippen molar-refractivity contribution in [3.63, 3.8) is 0 Å². The van der Waals surface area contributed by atoms with E-state index in [1.165, 1.54) is 6.92 Å². The van der Waals surface area contributed by atoms with Gasteiger partial charge in [-0.1, -0.05) is 27.2 Å². The summed E-state index contributed by atoms with van der Waals surface area (Å²) >= 11 is 0. The number of hydrogen-bond acceptors (Lipinski definition) is 2. The molecule has 0 saturated carbocycles. The number of nitrogens with one attached hydrogen (secondary N) is 1. The minimum atomic E-state index is -0.998. The van der Waals surface area contributed by atoms with E-state index < -0.39 is 12.0 Å². The van der Waals surface area contributed by atoms with Gasteiger partial charge in [0.15, 0.2) is 0 Å². The Bertz CT molecular complexity index is 226. The van der Waals surface area contributed by atoms with Crippen LogP contribution in [0.4, 0.5) is 0 Å². The van der Waals surface area contributed by atoms with E-state index in [1.807, 2.05) is 20.8 Å². The third-order valence-electron chi connectivity index (χ3n) is 2.47. The van der Waals surface area contributed by atoms with Gasteiger partial charge >= 0.3 is 5.97 Å². The van der Waals surface area contributed by atoms with Crippen LogP contribution in [0.5, 0.6) is 0 Å². The summed E-state index contributed by atoms with van der Waals surface area (Å²) in [7, 11) is 0. The van der Waals surface area contributed by atoms with E-state index in [0.29, 0.717) is 0 Å². The number of carbonyl (C=O) groups is 2. The van der Waals surface area contributed by atoms with E-state index in [2.05, 4.69) is 5.32 Å². The van der Waals surface area contributed by atoms with Crippen LogP contribution in [-0.4, -0.2) is 23.0 Å². The molecule has 0 aliphatic carbocycles. The van der Waals surface area contributed by atoms with Gasteiger partial charge in [-0.05, 0) is 19.3 Å². The number of rotatable bonds is 6. The molecule has 0 radical (unpaired) electrons. The zero-order valence-electron chi connectivity index (χ0n) is 9.91. The average molecular weight is 215 g/mol. The largest absolute Gasteiger partial charge is 0.480 e. The molecule has 0 bridgehead atoms. The average Bonchev–Trinajstić information content (AvgIpc) is 2.12. The van der Waals surface area contributed by atoms with Crippen molar-refractivity contribution in [1.82, 2.24) is 5.32 Å². The molecule has 1 unspecified atom stereocenters. The summed E-state index contributed by atoms with van der Waals surface area (Å²) in [6.45, 7) is 7.45. The topological polar surface area (TPSA) is 66.4 Å². The molecule has 15 heavy (non-hydrogen) atoms. The third-order valence-corrected chi connectivity index (χ3v) is 2.47. The SMILES string of the molecule is CCC[C@H](C(=O)NC(C)C(=O)O)C(C)C. The van der Waals surface area contributed by atoms with Gasteiger partial charge in [0.1, 0.15) is 6.04 Å². The molecule has 0 aromatic carbocycles. The highest BCUT2D eigenvalue weighted by Crippen LogP contribution is 2.17. The molecule has 88 valence electrons. The first-order valence-corrected chi connectivity index (χ1v) is 5.43. The van der Waals surface area contributed by atoms with Gasteiger partial charge in [0.2, 0.25) is 5.91 Å². The Labute approximate surface area is 91.1 Å². The van der Waals surface area contributed by atoms with Crippen molar-refractivity contribution in [2.45, 2.75) is 46.6 Å². The highest BCUT2D eigenvalue weighted by atomic mass is 16.4. The minimum Gasteiger partial charge on any atom is -0.480 e. The lowest BCUT2D eigenvalue weighted by atomic mass is 9.90. The molecule has 0 aromatic rings. The second kappa shape index (κ2) is 6.43. The maximum atomic E-state index is 11.7. The molecule has 0 saturated heterocycles. The van der Waals surface area contributed by atoms with Gasteiger partial charge in [-0.15, -0.1) is 0 Å². The first-order chi connectivity index (χ1) is 6.90. The van der Waals surface area contributed by atoms with E-state index in [0.717, 1.165) is 12.8 Å². The van der Waals surface area contributed by atoms with Crippen molar-refractivity contribution in [1.29, 1.82) is 0 Å². The Hall–Kier alpha value is -1.06. The zero-order chi connectivity index (χ0) is 12.0. The Morgan fingerprint density at radius 3 is 2.13 bits per heavy atom. The molecule has 4 heteroatoms. The van der Waals surface area contributed by atoms with Gasteiger partial charge in [0, 0.05) is 5.92 Å². The van der Waals surface area contributed by atoms with Crippen LogP contribution >= 0.6 is 0 Å². The minimum absolute atomic E-state index is 0.0863. The van der Waals surface area contributed by atoms with Gasteiger partial charge in [0.05, 0.1) is 0 Å². The summed E-state index contributed by atoms with van der Waals surface area (Å²) < 4.78 is 0. The van der Waals surface area contributed by atoms with Crippen molar-refractivity contribution in [2.24, 2.45) is 11.8 Å². The van der Waals surface area contributed by atoms with Crippen molar-refractivity contribution < 1.29 is 14.7 Å². The number of carboxylic acids is 1. The lowest BCUT2D eigenvalue weighted by Gasteiger charge is -2.20. The van der Waals surface area contributed by atoms with Crippen molar-refractivity contribution in [3.05, 3.63) is 0 Å². The second-order valence-corrected chi connectivity index (χ2v) is 4.21. The summed E-state index contributed by atoms with van der Waals surface area (Å²) in [6.07, 6.45) is 1.73. The zero-order valence-corrected chi connectivity index (χ0v) is 9.91. The maximum Gasteiger partial charge on any atom is 0.325 e. The fraction of sp³-hybridized carbons (Fsp3) is 0.818. The van der Waals surface area contributed by atoms with E-state index in [9.17, 15) is 9.59 Å². The van der Waals surface area contributed by atoms with E-state index >= 15 is 0 Å². The molecule has 0 heterocycles. The van der Waals surface area contributed by atoms with Gasteiger partial charge < -0.3 is 10.4 Å². The summed E-state index contributed by atoms with van der Waals surface area (Å²) in [5, 5.41) is 11.2. The van der Waals surface area contributed by atoms with Crippen LogP contribution in [0.3, 0.4) is 0 Å². The van der Waals surface area contributed by atoms with Crippen LogP contribution in [-0.2, 0) is 9.59 Å². The van der Waals surface area contributed by atoms with E-state index in [1.54, 1.807) is 0 Å². The van der Waals surface area contributed by atoms with Crippen molar-refractivity contribution in [2.75, 3.05) is 0 Å². The highest BCUT2D eigenvalue weighted by Gasteiger charge is 2.24. The van der Waals surface area contributed by atoms with Crippen LogP contribution in [0.2, 0.25) is 0 Å². The fourth-order valence-corrected chi connectivity index (χ4v) is 1.46. The van der Waals surface area contributed by atoms with Crippen molar-refractivity contribution >= 4 is 11.9 Å². The normalized spacial score (nSPS) is 14.7. The Kier molecular flexibility index (Phi) is 5.97. The molecular weight excluding hydrogens is 194 g/mol. The third kappa shape index (κ3) is 4.81. The molecule has 0 spiro atoms. The van der Waals surface area contributed by atoms with Crippen LogP contribution in [0.25, 0.3) is 0 Å². The summed E-state index contributed by atoms with van der Waals surface area (Å²) in [6, 6.07) is -0.810. The monoisotopic (exact) mass is 215 g/mol. The molecule has 0 rings (SSSR count). The van der Waals surface area contributed by atoms with Crippen LogP contribution < -0.4 is 5.32 Å². The number of aliphatic carboxylic acids is 1. The van der Waals surface area contributed by atoms with Crippen molar-refractivity contribution in [3.8, 4) is 0 Å². The summed E-state index contributed by atoms with van der Waals surface area (Å²) in [5.74, 6) is -0.994. The summed E-state index contributed by atoms with van der Waals surface area (Å²) in [5.41, 5.74) is 0. The molecule has 2 N–H and O–H groups in total. The molecule has 1 amide bonds. The Balaban J connectivity index is 4.32. The number of carbonyl (C=O) groups excluding carboxylic acids is 1. The highest BCUT2D eigenvalue weighted by molar-refractivity contribution is 5.84. The van der Waals surface area contributed by atoms with Gasteiger partial charge in [0.25, 0.3) is 0 Å². The standard InChI is InChI=1S/C11H21NO3/c1-5-6-9(7(2)3)10(13)12-8(4)11(14)15/h7-9H,5-6H2,1-4H3,(H,12,13)(H,14,15)/t8?,9-/m0/s1. The van der Waals surface area contributed by atoms with Gasteiger partial charge in [-0.2, -0.15) is 0 Å². The molecule has 0 aromatic heterocycles. The van der Waals surface area contributed by atoms with Gasteiger partial charge in [-0.25, -0.2) is 0 Å². The first kappa shape index (κ1) is 13.9. The Morgan fingerprint density at radius 1 is 1.27 bits per heavy atom. The molecule has 0 fully saturated rings. The Morgan fingerprint density at radius 2 is 1.80 bits per heavy atom. The van der Waals surface area contributed by atoms with E-state index in [-0.39, 0.29) is 17.7 Å². The molecule has 0 aliphatic rings. The second-order valence-electron chi connectivity index (χ2n) is 4.21. The lowest BCUT2D eigenvalue weighted by molar-refractivity contribution is -0.142. The molecule has 4 nitrogen and oxygen atoms in total. The number of carboxylic acid groups (broad SMARTS) is 1. The van der Waals surface area contributed by atoms with E-state index in [4.69, 9.17) is 5.11 Å². The quantitative estimate of drug-likeness (QED) is 0.708.